The Morgan fingerprint density at radius 1 is 1.21 bits per heavy atom. The van der Waals surface area contributed by atoms with Crippen molar-refractivity contribution < 1.29 is 9.47 Å². The summed E-state index contributed by atoms with van der Waals surface area (Å²) >= 11 is 0. The molecule has 0 fully saturated rings. The number of benzene rings is 1. The van der Waals surface area contributed by atoms with Gasteiger partial charge < -0.3 is 15.3 Å². The van der Waals surface area contributed by atoms with Gasteiger partial charge >= 0.3 is 0 Å². The third-order valence-corrected chi connectivity index (χ3v) is 4.10. The minimum absolute atomic E-state index is 0.153. The number of aromatic nitrogens is 1. The number of nitrogens with zero attached hydrogens (tertiary/aromatic N) is 4. The second-order valence-electron chi connectivity index (χ2n) is 6.29. The van der Waals surface area contributed by atoms with Crippen LogP contribution in [0.25, 0.3) is 0 Å². The lowest BCUT2D eigenvalue weighted by Gasteiger charge is -2.30. The van der Waals surface area contributed by atoms with Crippen molar-refractivity contribution in [3.8, 4) is 11.9 Å². The van der Waals surface area contributed by atoms with Crippen molar-refractivity contribution in [2.75, 3.05) is 13.2 Å². The average molecular weight is 382 g/mol. The molecule has 2 aromatic rings. The van der Waals surface area contributed by atoms with Gasteiger partial charge in [0.05, 0.1) is 31.7 Å². The van der Waals surface area contributed by atoms with Crippen molar-refractivity contribution >= 4 is 5.84 Å². The molecule has 1 aromatic heterocycles. The highest BCUT2D eigenvalue weighted by atomic mass is 16.5. The van der Waals surface area contributed by atoms with Gasteiger partial charge in [0.2, 0.25) is 5.88 Å². The van der Waals surface area contributed by atoms with E-state index in [1.807, 2.05) is 43.3 Å². The Hall–Kier alpha value is -3.15. The lowest BCUT2D eigenvalue weighted by Crippen LogP contribution is -2.51. The number of hydrogen-bond acceptors (Lipinski definition) is 7. The first kappa shape index (κ1) is 21.2. The van der Waals surface area contributed by atoms with Crippen LogP contribution in [0.5, 0.6) is 5.88 Å². The largest absolute Gasteiger partial charge is 0.475 e. The lowest BCUT2D eigenvalue weighted by molar-refractivity contribution is 0.102. The maximum absolute atomic E-state index is 9.14. The van der Waals surface area contributed by atoms with Crippen LogP contribution in [0.15, 0.2) is 59.8 Å². The van der Waals surface area contributed by atoms with E-state index in [4.69, 9.17) is 26.4 Å². The van der Waals surface area contributed by atoms with Crippen molar-refractivity contribution in [1.82, 2.24) is 9.99 Å². The molecule has 0 saturated carbocycles. The molecule has 0 unspecified atom stereocenters. The summed E-state index contributed by atoms with van der Waals surface area (Å²) in [5.74, 6) is 12.5. The Morgan fingerprint density at radius 3 is 2.61 bits per heavy atom. The van der Waals surface area contributed by atoms with Gasteiger partial charge in [-0.25, -0.2) is 10.8 Å². The van der Waals surface area contributed by atoms with E-state index < -0.39 is 6.04 Å². The molecule has 0 spiro atoms. The standard InChI is InChI=1S/C20H26N6O2/c1-16(13-27-14-17-7-3-2-4-8-17)20(25-22)26(23)18(10-11-21)15-28-19-9-5-6-12-24-19/h2-9,12,16,18H,10,13-15,22-23H2,1H3/b25-20-/t16-,18-/m1/s1. The van der Waals surface area contributed by atoms with Gasteiger partial charge in [-0.05, 0) is 11.6 Å². The van der Waals surface area contributed by atoms with Crippen molar-refractivity contribution in [2.45, 2.75) is 26.0 Å². The molecule has 148 valence electrons. The summed E-state index contributed by atoms with van der Waals surface area (Å²) in [5, 5.41) is 14.4. The Balaban J connectivity index is 1.91. The molecule has 8 nitrogen and oxygen atoms in total. The van der Waals surface area contributed by atoms with Crippen LogP contribution >= 0.6 is 0 Å². The van der Waals surface area contributed by atoms with E-state index in [1.54, 1.807) is 18.3 Å². The average Bonchev–Trinajstić information content (AvgIpc) is 2.73. The summed E-state index contributed by atoms with van der Waals surface area (Å²) < 4.78 is 11.4. The molecule has 4 N–H and O–H groups in total. The molecule has 0 aliphatic rings. The third-order valence-electron chi connectivity index (χ3n) is 4.10. The quantitative estimate of drug-likeness (QED) is 0.279. The van der Waals surface area contributed by atoms with Gasteiger partial charge in [-0.2, -0.15) is 10.4 Å². The first-order chi connectivity index (χ1) is 13.7. The number of amidine groups is 1. The predicted molar refractivity (Wildman–Crippen MR) is 107 cm³/mol. The molecule has 0 saturated heterocycles. The zero-order chi connectivity index (χ0) is 20.2. The molecular formula is C20H26N6O2. The zero-order valence-electron chi connectivity index (χ0n) is 15.9. The van der Waals surface area contributed by atoms with E-state index in [2.05, 4.69) is 16.2 Å². The van der Waals surface area contributed by atoms with E-state index in [0.29, 0.717) is 24.9 Å². The molecule has 0 aliphatic carbocycles. The number of hydrazone groups is 1. The Kier molecular flexibility index (Phi) is 8.72. The second-order valence-corrected chi connectivity index (χ2v) is 6.29. The SMILES string of the molecule is C[C@H](COCc1ccccc1)/C(=N/N)N(N)[C@H](CC#N)COc1ccccn1. The maximum atomic E-state index is 9.14. The number of ether oxygens (including phenoxy) is 2. The van der Waals surface area contributed by atoms with Crippen molar-refractivity contribution in [2.24, 2.45) is 22.7 Å². The van der Waals surface area contributed by atoms with Crippen LogP contribution in [0, 0.1) is 17.2 Å². The molecule has 0 radical (unpaired) electrons. The number of rotatable bonds is 10. The molecule has 0 bridgehead atoms. The molecule has 0 amide bonds. The molecule has 2 atom stereocenters. The van der Waals surface area contributed by atoms with Crippen LogP contribution in [0.2, 0.25) is 0 Å². The predicted octanol–water partition coefficient (Wildman–Crippen LogP) is 2.04. The summed E-state index contributed by atoms with van der Waals surface area (Å²) in [7, 11) is 0. The Morgan fingerprint density at radius 2 is 1.96 bits per heavy atom. The number of hydrazine groups is 1. The highest BCUT2D eigenvalue weighted by Gasteiger charge is 2.24. The first-order valence-electron chi connectivity index (χ1n) is 8.99. The molecule has 1 aromatic carbocycles. The van der Waals surface area contributed by atoms with Gasteiger partial charge in [-0.3, -0.25) is 5.01 Å². The number of pyridine rings is 1. The van der Waals surface area contributed by atoms with Crippen LogP contribution in [0.4, 0.5) is 0 Å². The third kappa shape index (κ3) is 6.54. The van der Waals surface area contributed by atoms with E-state index in [9.17, 15) is 0 Å². The number of hydrogen-bond donors (Lipinski definition) is 2. The number of nitriles is 1. The topological polar surface area (TPSA) is 123 Å². The first-order valence-corrected chi connectivity index (χ1v) is 8.99. The molecule has 8 heteroatoms. The second kappa shape index (κ2) is 11.5. The summed E-state index contributed by atoms with van der Waals surface area (Å²) in [6.45, 7) is 2.97. The normalized spacial score (nSPS) is 13.4. The van der Waals surface area contributed by atoms with Crippen molar-refractivity contribution in [3.05, 3.63) is 60.3 Å². The van der Waals surface area contributed by atoms with E-state index in [1.165, 1.54) is 5.01 Å². The summed E-state index contributed by atoms with van der Waals surface area (Å²) in [6, 6.07) is 16.9. The van der Waals surface area contributed by atoms with Gasteiger partial charge in [0.1, 0.15) is 12.4 Å². The van der Waals surface area contributed by atoms with Crippen LogP contribution < -0.4 is 16.4 Å². The molecular weight excluding hydrogens is 356 g/mol. The number of nitrogens with two attached hydrogens (primary N) is 2. The lowest BCUT2D eigenvalue weighted by atomic mass is 10.1. The van der Waals surface area contributed by atoms with E-state index in [-0.39, 0.29) is 18.9 Å². The van der Waals surface area contributed by atoms with Gasteiger partial charge in [-0.1, -0.05) is 43.3 Å². The Labute approximate surface area is 165 Å². The summed E-state index contributed by atoms with van der Waals surface area (Å²) in [5.41, 5.74) is 1.08. The van der Waals surface area contributed by atoms with E-state index in [0.717, 1.165) is 5.56 Å². The van der Waals surface area contributed by atoms with Gasteiger partial charge in [0.15, 0.2) is 0 Å². The Bertz CT molecular complexity index is 763. The molecule has 0 aliphatic heterocycles. The fraction of sp³-hybridized carbons (Fsp3) is 0.350. The minimum Gasteiger partial charge on any atom is -0.475 e. The van der Waals surface area contributed by atoms with E-state index >= 15 is 0 Å². The van der Waals surface area contributed by atoms with Crippen LogP contribution in [0.3, 0.4) is 0 Å². The fourth-order valence-electron chi connectivity index (χ4n) is 2.59. The highest BCUT2D eigenvalue weighted by molar-refractivity contribution is 5.84. The maximum Gasteiger partial charge on any atom is 0.213 e. The monoisotopic (exact) mass is 382 g/mol. The van der Waals surface area contributed by atoms with Crippen LogP contribution in [-0.2, 0) is 11.3 Å². The summed E-state index contributed by atoms with van der Waals surface area (Å²) in [6.07, 6.45) is 1.79. The zero-order valence-corrected chi connectivity index (χ0v) is 15.9. The van der Waals surface area contributed by atoms with Gasteiger partial charge in [-0.15, -0.1) is 0 Å². The molecule has 28 heavy (non-hydrogen) atoms. The van der Waals surface area contributed by atoms with Gasteiger partial charge in [0.25, 0.3) is 0 Å². The van der Waals surface area contributed by atoms with Crippen molar-refractivity contribution in [1.29, 1.82) is 5.26 Å². The minimum atomic E-state index is -0.425. The van der Waals surface area contributed by atoms with Crippen LogP contribution in [0.1, 0.15) is 18.9 Å². The van der Waals surface area contributed by atoms with Crippen molar-refractivity contribution in [3.63, 3.8) is 0 Å². The molecule has 1 heterocycles. The highest BCUT2D eigenvalue weighted by Crippen LogP contribution is 2.12. The van der Waals surface area contributed by atoms with Crippen LogP contribution in [-0.4, -0.2) is 35.1 Å². The summed E-state index contributed by atoms with van der Waals surface area (Å²) in [4.78, 5) is 4.10. The fourth-order valence-corrected chi connectivity index (χ4v) is 2.59. The smallest absolute Gasteiger partial charge is 0.213 e. The molecule has 2 rings (SSSR count). The van der Waals surface area contributed by atoms with Gasteiger partial charge in [0, 0.05) is 18.2 Å².